The molecular formula is C15H31N3O. The summed E-state index contributed by atoms with van der Waals surface area (Å²) in [5.41, 5.74) is 0. The Hall–Kier alpha value is -0.160. The number of nitrogens with one attached hydrogen (secondary N) is 1. The highest BCUT2D eigenvalue weighted by Crippen LogP contribution is 2.20. The quantitative estimate of drug-likeness (QED) is 0.733. The molecule has 1 N–H and O–H groups in total. The monoisotopic (exact) mass is 269 g/mol. The maximum absolute atomic E-state index is 6.16. The molecule has 0 aliphatic carbocycles. The molecule has 0 aromatic carbocycles. The van der Waals surface area contributed by atoms with E-state index in [4.69, 9.17) is 4.74 Å². The molecule has 4 heteroatoms. The third kappa shape index (κ3) is 5.38. The molecule has 0 amide bonds. The molecule has 0 aromatic rings. The van der Waals surface area contributed by atoms with Gasteiger partial charge in [-0.15, -0.1) is 0 Å². The number of likely N-dealkylation sites (N-methyl/N-ethyl adjacent to an activating group) is 1. The molecule has 0 radical (unpaired) electrons. The molecule has 2 atom stereocenters. The number of nitrogens with zero attached hydrogens (tertiary/aromatic N) is 2. The standard InChI is InChI=1S/C15H31N3O/c1-3-7-16-12-14-5-6-15(19-14)13-18-9-4-8-17(2)10-11-18/h14-16H,3-13H2,1-2H3. The zero-order valence-electron chi connectivity index (χ0n) is 12.7. The van der Waals surface area contributed by atoms with Crippen LogP contribution in [0.25, 0.3) is 0 Å². The van der Waals surface area contributed by atoms with E-state index >= 15 is 0 Å². The van der Waals surface area contributed by atoms with Crippen molar-refractivity contribution in [2.24, 2.45) is 0 Å². The zero-order chi connectivity index (χ0) is 13.5. The Morgan fingerprint density at radius 3 is 2.79 bits per heavy atom. The summed E-state index contributed by atoms with van der Waals surface area (Å²) in [6, 6.07) is 0. The minimum absolute atomic E-state index is 0.450. The molecule has 0 aromatic heterocycles. The lowest BCUT2D eigenvalue weighted by Gasteiger charge is -2.24. The van der Waals surface area contributed by atoms with Crippen LogP contribution in [0.1, 0.15) is 32.6 Å². The van der Waals surface area contributed by atoms with Crippen LogP contribution in [0.15, 0.2) is 0 Å². The number of rotatable bonds is 6. The molecule has 2 saturated heterocycles. The molecule has 2 fully saturated rings. The molecule has 0 spiro atoms. The van der Waals surface area contributed by atoms with Crippen LogP contribution < -0.4 is 5.32 Å². The molecule has 112 valence electrons. The first kappa shape index (κ1) is 15.2. The average molecular weight is 269 g/mol. The summed E-state index contributed by atoms with van der Waals surface area (Å²) in [5.74, 6) is 0. The van der Waals surface area contributed by atoms with Gasteiger partial charge in [0.2, 0.25) is 0 Å². The van der Waals surface area contributed by atoms with Crippen LogP contribution >= 0.6 is 0 Å². The SMILES string of the molecule is CCCNCC1CCC(CN2CCCN(C)CC2)O1. The first-order valence-electron chi connectivity index (χ1n) is 8.05. The van der Waals surface area contributed by atoms with Crippen molar-refractivity contribution in [1.29, 1.82) is 0 Å². The van der Waals surface area contributed by atoms with E-state index < -0.39 is 0 Å². The largest absolute Gasteiger partial charge is 0.372 e. The Morgan fingerprint density at radius 1 is 1.11 bits per heavy atom. The van der Waals surface area contributed by atoms with Crippen LogP contribution in [-0.4, -0.2) is 74.9 Å². The lowest BCUT2D eigenvalue weighted by Crippen LogP contribution is -2.36. The van der Waals surface area contributed by atoms with Crippen molar-refractivity contribution in [2.45, 2.75) is 44.8 Å². The third-order valence-corrected chi connectivity index (χ3v) is 4.27. The summed E-state index contributed by atoms with van der Waals surface area (Å²) in [7, 11) is 2.23. The van der Waals surface area contributed by atoms with Crippen LogP contribution in [0.3, 0.4) is 0 Å². The molecule has 2 aliphatic rings. The normalized spacial score (nSPS) is 30.6. The van der Waals surface area contributed by atoms with Crippen molar-refractivity contribution in [3.05, 3.63) is 0 Å². The van der Waals surface area contributed by atoms with Crippen molar-refractivity contribution in [3.8, 4) is 0 Å². The van der Waals surface area contributed by atoms with E-state index in [9.17, 15) is 0 Å². The predicted octanol–water partition coefficient (Wildman–Crippen LogP) is 1.17. The van der Waals surface area contributed by atoms with Gasteiger partial charge in [0.05, 0.1) is 12.2 Å². The molecule has 19 heavy (non-hydrogen) atoms. The second-order valence-electron chi connectivity index (χ2n) is 6.12. The fourth-order valence-electron chi connectivity index (χ4n) is 3.07. The van der Waals surface area contributed by atoms with E-state index in [0.717, 1.165) is 19.6 Å². The molecule has 2 aliphatic heterocycles. The molecule has 2 rings (SSSR count). The summed E-state index contributed by atoms with van der Waals surface area (Å²) < 4.78 is 6.16. The predicted molar refractivity (Wildman–Crippen MR) is 79.6 cm³/mol. The van der Waals surface area contributed by atoms with E-state index in [1.165, 1.54) is 51.9 Å². The number of hydrogen-bond donors (Lipinski definition) is 1. The van der Waals surface area contributed by atoms with Gasteiger partial charge in [0, 0.05) is 26.2 Å². The molecule has 0 saturated carbocycles. The van der Waals surface area contributed by atoms with Gasteiger partial charge >= 0.3 is 0 Å². The second-order valence-corrected chi connectivity index (χ2v) is 6.12. The Labute approximate surface area is 118 Å². The maximum atomic E-state index is 6.16. The maximum Gasteiger partial charge on any atom is 0.0707 e. The van der Waals surface area contributed by atoms with Crippen LogP contribution in [0.2, 0.25) is 0 Å². The minimum Gasteiger partial charge on any atom is -0.372 e. The summed E-state index contributed by atoms with van der Waals surface area (Å²) in [6.45, 7) is 10.4. The van der Waals surface area contributed by atoms with Crippen molar-refractivity contribution in [1.82, 2.24) is 15.1 Å². The minimum atomic E-state index is 0.450. The van der Waals surface area contributed by atoms with E-state index in [1.54, 1.807) is 0 Å². The number of hydrogen-bond acceptors (Lipinski definition) is 4. The highest BCUT2D eigenvalue weighted by Gasteiger charge is 2.26. The van der Waals surface area contributed by atoms with Gasteiger partial charge in [0.25, 0.3) is 0 Å². The summed E-state index contributed by atoms with van der Waals surface area (Å²) in [6.07, 6.45) is 5.89. The van der Waals surface area contributed by atoms with Crippen LogP contribution in [0.5, 0.6) is 0 Å². The highest BCUT2D eigenvalue weighted by molar-refractivity contribution is 4.79. The summed E-state index contributed by atoms with van der Waals surface area (Å²) >= 11 is 0. The average Bonchev–Trinajstić information content (AvgIpc) is 2.73. The molecule has 4 nitrogen and oxygen atoms in total. The van der Waals surface area contributed by atoms with E-state index in [2.05, 4.69) is 29.1 Å². The first-order chi connectivity index (χ1) is 9.28. The highest BCUT2D eigenvalue weighted by atomic mass is 16.5. The second kappa shape index (κ2) is 8.20. The van der Waals surface area contributed by atoms with Gasteiger partial charge in [-0.2, -0.15) is 0 Å². The summed E-state index contributed by atoms with van der Waals surface area (Å²) in [5, 5.41) is 3.47. The van der Waals surface area contributed by atoms with Gasteiger partial charge in [-0.05, 0) is 52.4 Å². The topological polar surface area (TPSA) is 27.7 Å². The Bertz CT molecular complexity index is 250. The molecule has 2 heterocycles. The Morgan fingerprint density at radius 2 is 1.95 bits per heavy atom. The van der Waals surface area contributed by atoms with Crippen molar-refractivity contribution in [2.75, 3.05) is 52.9 Å². The van der Waals surface area contributed by atoms with Crippen molar-refractivity contribution in [3.63, 3.8) is 0 Å². The van der Waals surface area contributed by atoms with Crippen LogP contribution in [0, 0.1) is 0 Å². The van der Waals surface area contributed by atoms with Gasteiger partial charge in [0.1, 0.15) is 0 Å². The zero-order valence-corrected chi connectivity index (χ0v) is 12.7. The van der Waals surface area contributed by atoms with Gasteiger partial charge in [-0.1, -0.05) is 6.92 Å². The van der Waals surface area contributed by atoms with Gasteiger partial charge < -0.3 is 15.0 Å². The molecular weight excluding hydrogens is 238 g/mol. The molecule has 2 unspecified atom stereocenters. The van der Waals surface area contributed by atoms with Gasteiger partial charge in [0.15, 0.2) is 0 Å². The Balaban J connectivity index is 1.64. The molecule has 0 bridgehead atoms. The summed E-state index contributed by atoms with van der Waals surface area (Å²) in [4.78, 5) is 5.03. The third-order valence-electron chi connectivity index (χ3n) is 4.27. The van der Waals surface area contributed by atoms with E-state index in [0.29, 0.717) is 12.2 Å². The number of ether oxygens (including phenoxy) is 1. The van der Waals surface area contributed by atoms with E-state index in [-0.39, 0.29) is 0 Å². The first-order valence-corrected chi connectivity index (χ1v) is 8.05. The smallest absolute Gasteiger partial charge is 0.0707 e. The van der Waals surface area contributed by atoms with E-state index in [1.807, 2.05) is 0 Å². The van der Waals surface area contributed by atoms with Crippen LogP contribution in [0.4, 0.5) is 0 Å². The van der Waals surface area contributed by atoms with Gasteiger partial charge in [-0.3, -0.25) is 4.90 Å². The van der Waals surface area contributed by atoms with Crippen molar-refractivity contribution >= 4 is 0 Å². The van der Waals surface area contributed by atoms with Crippen molar-refractivity contribution < 1.29 is 4.74 Å². The fourth-order valence-corrected chi connectivity index (χ4v) is 3.07. The lowest BCUT2D eigenvalue weighted by atomic mass is 10.2. The van der Waals surface area contributed by atoms with Gasteiger partial charge in [-0.25, -0.2) is 0 Å². The lowest BCUT2D eigenvalue weighted by molar-refractivity contribution is 0.0242. The fraction of sp³-hybridized carbons (Fsp3) is 1.00. The van der Waals surface area contributed by atoms with Crippen LogP contribution in [-0.2, 0) is 4.74 Å². The Kier molecular flexibility index (Phi) is 6.57.